The molecule has 0 saturated heterocycles. The molecule has 1 aromatic carbocycles. The van der Waals surface area contributed by atoms with E-state index in [1.807, 2.05) is 13.0 Å². The van der Waals surface area contributed by atoms with E-state index in [1.165, 1.54) is 6.07 Å². The molecule has 2 rings (SSSR count). The van der Waals surface area contributed by atoms with E-state index in [0.29, 0.717) is 17.7 Å². The van der Waals surface area contributed by atoms with Gasteiger partial charge in [0.15, 0.2) is 0 Å². The summed E-state index contributed by atoms with van der Waals surface area (Å²) in [6.45, 7) is 2.74. The Kier molecular flexibility index (Phi) is 4.86. The number of benzene rings is 1. The van der Waals surface area contributed by atoms with Crippen LogP contribution in [-0.4, -0.2) is 16.6 Å². The summed E-state index contributed by atoms with van der Waals surface area (Å²) in [6.07, 6.45) is 0.866. The van der Waals surface area contributed by atoms with Gasteiger partial charge in [0.05, 0.1) is 12.3 Å². The molecule has 6 nitrogen and oxygen atoms in total. The molecule has 0 unspecified atom stereocenters. The van der Waals surface area contributed by atoms with E-state index in [2.05, 4.69) is 9.97 Å². The summed E-state index contributed by atoms with van der Waals surface area (Å²) in [4.78, 5) is 7.72. The molecule has 1 heterocycles. The molecular weight excluding hydrogens is 285 g/mol. The zero-order chi connectivity index (χ0) is 16.1. The summed E-state index contributed by atoms with van der Waals surface area (Å²) in [7, 11) is 0. The predicted molar refractivity (Wildman–Crippen MR) is 80.9 cm³/mol. The van der Waals surface area contributed by atoms with Gasteiger partial charge >= 0.3 is 0 Å². The van der Waals surface area contributed by atoms with E-state index < -0.39 is 5.82 Å². The molecule has 0 aliphatic heterocycles. The van der Waals surface area contributed by atoms with Crippen LogP contribution in [0.5, 0.6) is 0 Å². The van der Waals surface area contributed by atoms with Gasteiger partial charge in [0.1, 0.15) is 23.3 Å². The summed E-state index contributed by atoms with van der Waals surface area (Å²) < 4.78 is 19.5. The van der Waals surface area contributed by atoms with Crippen LogP contribution in [0.2, 0.25) is 0 Å². The maximum atomic E-state index is 14.1. The fourth-order valence-corrected chi connectivity index (χ4v) is 1.95. The number of ether oxygens (including phenoxy) is 1. The van der Waals surface area contributed by atoms with Crippen molar-refractivity contribution >= 4 is 11.8 Å². The number of hydrogen-bond donors (Lipinski definition) is 2. The Labute approximate surface area is 127 Å². The van der Waals surface area contributed by atoms with Crippen molar-refractivity contribution in [2.45, 2.75) is 20.0 Å². The third kappa shape index (κ3) is 3.30. The molecule has 7 heteroatoms. The van der Waals surface area contributed by atoms with Crippen molar-refractivity contribution in [1.29, 1.82) is 5.26 Å². The van der Waals surface area contributed by atoms with Crippen molar-refractivity contribution in [3.05, 3.63) is 35.1 Å². The van der Waals surface area contributed by atoms with Crippen molar-refractivity contribution < 1.29 is 9.13 Å². The molecule has 0 fully saturated rings. The molecule has 0 aliphatic carbocycles. The summed E-state index contributed by atoms with van der Waals surface area (Å²) in [5.74, 6) is -0.531. The Morgan fingerprint density at radius 1 is 1.32 bits per heavy atom. The van der Waals surface area contributed by atoms with Gasteiger partial charge in [0.25, 0.3) is 0 Å². The standard InChI is InChI=1S/C15H16FN5O/c1-2-5-22-8-10-4-3-9(6-12(10)16)13-11(7-17)14(18)21-15(19)20-13/h3-4,6H,2,5,8H2,1H3,(H4,18,19,20,21). The van der Waals surface area contributed by atoms with Gasteiger partial charge in [-0.25, -0.2) is 9.37 Å². The van der Waals surface area contributed by atoms with Gasteiger partial charge in [-0.15, -0.1) is 0 Å². The van der Waals surface area contributed by atoms with Crippen molar-refractivity contribution in [3.63, 3.8) is 0 Å². The largest absolute Gasteiger partial charge is 0.382 e. The maximum Gasteiger partial charge on any atom is 0.222 e. The lowest BCUT2D eigenvalue weighted by molar-refractivity contribution is 0.119. The van der Waals surface area contributed by atoms with E-state index in [-0.39, 0.29) is 29.6 Å². The Morgan fingerprint density at radius 2 is 2.09 bits per heavy atom. The maximum absolute atomic E-state index is 14.1. The van der Waals surface area contributed by atoms with Gasteiger partial charge in [-0.3, -0.25) is 0 Å². The first-order valence-electron chi connectivity index (χ1n) is 6.76. The number of hydrogen-bond acceptors (Lipinski definition) is 6. The molecular formula is C15H16FN5O. The Hall–Kier alpha value is -2.72. The smallest absolute Gasteiger partial charge is 0.222 e. The third-order valence-electron chi connectivity index (χ3n) is 3.00. The average Bonchev–Trinajstić information content (AvgIpc) is 2.48. The van der Waals surface area contributed by atoms with Gasteiger partial charge in [0.2, 0.25) is 5.95 Å². The highest BCUT2D eigenvalue weighted by Gasteiger charge is 2.14. The first kappa shape index (κ1) is 15.7. The van der Waals surface area contributed by atoms with E-state index in [4.69, 9.17) is 21.5 Å². The lowest BCUT2D eigenvalue weighted by Crippen LogP contribution is -2.05. The molecule has 0 radical (unpaired) electrons. The molecule has 2 aromatic rings. The molecule has 0 atom stereocenters. The van der Waals surface area contributed by atoms with E-state index in [9.17, 15) is 4.39 Å². The molecule has 22 heavy (non-hydrogen) atoms. The molecule has 114 valence electrons. The number of nitriles is 1. The third-order valence-corrected chi connectivity index (χ3v) is 3.00. The fraction of sp³-hybridized carbons (Fsp3) is 0.267. The first-order valence-corrected chi connectivity index (χ1v) is 6.76. The Morgan fingerprint density at radius 3 is 2.73 bits per heavy atom. The van der Waals surface area contributed by atoms with Crippen molar-refractivity contribution in [3.8, 4) is 17.3 Å². The molecule has 0 amide bonds. The van der Waals surface area contributed by atoms with Crippen LogP contribution in [0, 0.1) is 17.1 Å². The summed E-state index contributed by atoms with van der Waals surface area (Å²) in [5.41, 5.74) is 12.3. The summed E-state index contributed by atoms with van der Waals surface area (Å²) in [6, 6.07) is 6.44. The van der Waals surface area contributed by atoms with Gasteiger partial charge < -0.3 is 16.2 Å². The second kappa shape index (κ2) is 6.83. The minimum atomic E-state index is -0.437. The van der Waals surface area contributed by atoms with Crippen LogP contribution in [0.1, 0.15) is 24.5 Å². The topological polar surface area (TPSA) is 111 Å². The van der Waals surface area contributed by atoms with E-state index in [0.717, 1.165) is 6.42 Å². The number of halogens is 1. The fourth-order valence-electron chi connectivity index (χ4n) is 1.95. The van der Waals surface area contributed by atoms with Gasteiger partial charge in [0, 0.05) is 17.7 Å². The van der Waals surface area contributed by atoms with E-state index >= 15 is 0 Å². The Balaban J connectivity index is 2.39. The average molecular weight is 301 g/mol. The van der Waals surface area contributed by atoms with Gasteiger partial charge in [-0.05, 0) is 12.5 Å². The first-order chi connectivity index (χ1) is 10.6. The van der Waals surface area contributed by atoms with Crippen LogP contribution in [-0.2, 0) is 11.3 Å². The molecule has 0 bridgehead atoms. The number of nitrogens with zero attached hydrogens (tertiary/aromatic N) is 3. The Bertz CT molecular complexity index is 727. The second-order valence-corrected chi connectivity index (χ2v) is 4.66. The zero-order valence-corrected chi connectivity index (χ0v) is 12.1. The SMILES string of the molecule is CCCOCc1ccc(-c2nc(N)nc(N)c2C#N)cc1F. The van der Waals surface area contributed by atoms with Crippen LogP contribution < -0.4 is 11.5 Å². The zero-order valence-electron chi connectivity index (χ0n) is 12.1. The number of nitrogens with two attached hydrogens (primary N) is 2. The number of anilines is 2. The molecule has 0 spiro atoms. The quantitative estimate of drug-likeness (QED) is 0.819. The van der Waals surface area contributed by atoms with Crippen LogP contribution in [0.3, 0.4) is 0 Å². The highest BCUT2D eigenvalue weighted by atomic mass is 19.1. The minimum absolute atomic E-state index is 0.0271. The van der Waals surface area contributed by atoms with Crippen molar-refractivity contribution in [1.82, 2.24) is 9.97 Å². The molecule has 0 aliphatic rings. The summed E-state index contributed by atoms with van der Waals surface area (Å²) >= 11 is 0. The van der Waals surface area contributed by atoms with Gasteiger partial charge in [-0.2, -0.15) is 10.2 Å². The lowest BCUT2D eigenvalue weighted by Gasteiger charge is -2.09. The monoisotopic (exact) mass is 301 g/mol. The summed E-state index contributed by atoms with van der Waals surface area (Å²) in [5, 5.41) is 9.15. The van der Waals surface area contributed by atoms with Crippen LogP contribution in [0.15, 0.2) is 18.2 Å². The number of aromatic nitrogens is 2. The van der Waals surface area contributed by atoms with Crippen LogP contribution in [0.4, 0.5) is 16.2 Å². The normalized spacial score (nSPS) is 10.4. The number of nitrogen functional groups attached to an aromatic ring is 2. The van der Waals surface area contributed by atoms with Crippen molar-refractivity contribution in [2.75, 3.05) is 18.1 Å². The lowest BCUT2D eigenvalue weighted by atomic mass is 10.0. The minimum Gasteiger partial charge on any atom is -0.382 e. The van der Waals surface area contributed by atoms with Crippen LogP contribution >= 0.6 is 0 Å². The van der Waals surface area contributed by atoms with Crippen molar-refractivity contribution in [2.24, 2.45) is 0 Å². The van der Waals surface area contributed by atoms with E-state index in [1.54, 1.807) is 12.1 Å². The van der Waals surface area contributed by atoms with Gasteiger partial charge in [-0.1, -0.05) is 19.1 Å². The number of rotatable bonds is 5. The highest BCUT2D eigenvalue weighted by molar-refractivity contribution is 5.73. The highest BCUT2D eigenvalue weighted by Crippen LogP contribution is 2.26. The molecule has 1 aromatic heterocycles. The molecule has 0 saturated carbocycles. The predicted octanol–water partition coefficient (Wildman–Crippen LogP) is 2.25. The van der Waals surface area contributed by atoms with Crippen LogP contribution in [0.25, 0.3) is 11.3 Å². The second-order valence-electron chi connectivity index (χ2n) is 4.66. The molecule has 4 N–H and O–H groups in total.